The fourth-order valence-corrected chi connectivity index (χ4v) is 3.20. The molecule has 8 heteroatoms. The molecule has 0 bridgehead atoms. The SMILES string of the molecule is O=C1NC(=O)[C@@H]2CN(c3ccc(-c4c(F)cccc4F)nn3)C[C@H]12. The van der Waals surface area contributed by atoms with Crippen molar-refractivity contribution in [3.05, 3.63) is 42.0 Å². The predicted molar refractivity (Wildman–Crippen MR) is 79.7 cm³/mol. The van der Waals surface area contributed by atoms with Crippen molar-refractivity contribution in [2.45, 2.75) is 0 Å². The number of anilines is 1. The van der Waals surface area contributed by atoms with Gasteiger partial charge >= 0.3 is 0 Å². The Bertz CT molecular complexity index is 798. The Morgan fingerprint density at radius 3 is 2.12 bits per heavy atom. The van der Waals surface area contributed by atoms with Gasteiger partial charge in [0.25, 0.3) is 0 Å². The van der Waals surface area contributed by atoms with Gasteiger partial charge in [-0.05, 0) is 24.3 Å². The standard InChI is InChI=1S/C16H12F2N4O2/c17-10-2-1-3-11(18)14(10)12-4-5-13(21-20-12)22-6-8-9(7-22)16(24)19-15(8)23/h1-5,8-9H,6-7H2,(H,19,23,24)/t8-,9+. The topological polar surface area (TPSA) is 75.2 Å². The van der Waals surface area contributed by atoms with Gasteiger partial charge in [-0.3, -0.25) is 14.9 Å². The van der Waals surface area contributed by atoms with E-state index in [-0.39, 0.29) is 34.9 Å². The number of nitrogens with one attached hydrogen (secondary N) is 1. The molecule has 2 saturated heterocycles. The fraction of sp³-hybridized carbons (Fsp3) is 0.250. The van der Waals surface area contributed by atoms with Crippen molar-refractivity contribution in [2.24, 2.45) is 11.8 Å². The van der Waals surface area contributed by atoms with E-state index in [1.165, 1.54) is 12.1 Å². The maximum atomic E-state index is 13.8. The molecule has 4 rings (SSSR count). The molecule has 6 nitrogen and oxygen atoms in total. The molecule has 2 aliphatic rings. The molecule has 2 atom stereocenters. The predicted octanol–water partition coefficient (Wildman–Crippen LogP) is 1.13. The van der Waals surface area contributed by atoms with Crippen LogP contribution < -0.4 is 10.2 Å². The highest BCUT2D eigenvalue weighted by molar-refractivity contribution is 6.06. The molecule has 0 unspecified atom stereocenters. The number of nitrogens with zero attached hydrogens (tertiary/aromatic N) is 3. The minimum absolute atomic E-state index is 0.0857. The van der Waals surface area contributed by atoms with E-state index in [0.717, 1.165) is 12.1 Å². The number of fused-ring (bicyclic) bond motifs is 1. The number of amides is 2. The van der Waals surface area contributed by atoms with Crippen molar-refractivity contribution in [3.63, 3.8) is 0 Å². The monoisotopic (exact) mass is 330 g/mol. The van der Waals surface area contributed by atoms with Gasteiger partial charge < -0.3 is 4.90 Å². The first-order valence-electron chi connectivity index (χ1n) is 7.42. The van der Waals surface area contributed by atoms with Crippen molar-refractivity contribution < 1.29 is 18.4 Å². The van der Waals surface area contributed by atoms with E-state index < -0.39 is 11.6 Å². The molecule has 24 heavy (non-hydrogen) atoms. The molecule has 3 heterocycles. The maximum absolute atomic E-state index is 13.8. The van der Waals surface area contributed by atoms with Gasteiger partial charge in [0, 0.05) is 13.1 Å². The maximum Gasteiger partial charge on any atom is 0.232 e. The van der Waals surface area contributed by atoms with Crippen LogP contribution in [0.2, 0.25) is 0 Å². The molecule has 2 aliphatic heterocycles. The Morgan fingerprint density at radius 2 is 1.58 bits per heavy atom. The third-order valence-corrected chi connectivity index (χ3v) is 4.43. The van der Waals surface area contributed by atoms with E-state index in [9.17, 15) is 18.4 Å². The minimum Gasteiger partial charge on any atom is -0.353 e. The summed E-state index contributed by atoms with van der Waals surface area (Å²) in [5.74, 6) is -2.28. The van der Waals surface area contributed by atoms with Crippen LogP contribution in [0.4, 0.5) is 14.6 Å². The van der Waals surface area contributed by atoms with Crippen molar-refractivity contribution >= 4 is 17.6 Å². The van der Waals surface area contributed by atoms with Crippen molar-refractivity contribution in [2.75, 3.05) is 18.0 Å². The molecule has 1 aromatic carbocycles. The van der Waals surface area contributed by atoms with Gasteiger partial charge in [-0.2, -0.15) is 0 Å². The molecule has 0 aliphatic carbocycles. The van der Waals surface area contributed by atoms with Gasteiger partial charge in [0.2, 0.25) is 11.8 Å². The van der Waals surface area contributed by atoms with Gasteiger partial charge in [0.15, 0.2) is 5.82 Å². The Balaban J connectivity index is 1.59. The van der Waals surface area contributed by atoms with Gasteiger partial charge in [-0.15, -0.1) is 10.2 Å². The highest BCUT2D eigenvalue weighted by Crippen LogP contribution is 2.31. The molecule has 0 saturated carbocycles. The largest absolute Gasteiger partial charge is 0.353 e. The number of carbonyl (C=O) groups excluding carboxylic acids is 2. The summed E-state index contributed by atoms with van der Waals surface area (Å²) in [5, 5.41) is 10.2. The molecule has 1 N–H and O–H groups in total. The Hall–Kier alpha value is -2.90. The van der Waals surface area contributed by atoms with Gasteiger partial charge in [-0.25, -0.2) is 8.78 Å². The third-order valence-electron chi connectivity index (χ3n) is 4.43. The lowest BCUT2D eigenvalue weighted by Crippen LogP contribution is -2.31. The molecule has 2 amide bonds. The lowest BCUT2D eigenvalue weighted by atomic mass is 10.00. The van der Waals surface area contributed by atoms with E-state index in [0.29, 0.717) is 18.9 Å². The molecule has 1 aromatic heterocycles. The smallest absolute Gasteiger partial charge is 0.232 e. The van der Waals surface area contributed by atoms with Crippen LogP contribution in [-0.2, 0) is 9.59 Å². The molecule has 2 fully saturated rings. The van der Waals surface area contributed by atoms with Gasteiger partial charge in [0.1, 0.15) is 11.6 Å². The van der Waals surface area contributed by atoms with Crippen LogP contribution in [0.25, 0.3) is 11.3 Å². The Morgan fingerprint density at radius 1 is 0.958 bits per heavy atom. The summed E-state index contributed by atoms with van der Waals surface area (Å²) < 4.78 is 27.6. The molecule has 122 valence electrons. The van der Waals surface area contributed by atoms with Gasteiger partial charge in [-0.1, -0.05) is 6.07 Å². The summed E-state index contributed by atoms with van der Waals surface area (Å²) in [6.45, 7) is 0.731. The first-order valence-corrected chi connectivity index (χ1v) is 7.42. The first-order chi connectivity index (χ1) is 11.5. The summed E-state index contributed by atoms with van der Waals surface area (Å²) in [6.07, 6.45) is 0. The molecule has 2 aromatic rings. The number of hydrogen-bond acceptors (Lipinski definition) is 5. The summed E-state index contributed by atoms with van der Waals surface area (Å²) >= 11 is 0. The van der Waals surface area contributed by atoms with Crippen LogP contribution in [0.15, 0.2) is 30.3 Å². The highest BCUT2D eigenvalue weighted by Gasteiger charge is 2.48. The normalized spacial score (nSPS) is 22.7. The zero-order valence-electron chi connectivity index (χ0n) is 12.4. The zero-order chi connectivity index (χ0) is 16.8. The van der Waals surface area contributed by atoms with E-state index in [4.69, 9.17) is 0 Å². The summed E-state index contributed by atoms with van der Waals surface area (Å²) in [6, 6.07) is 6.64. The lowest BCUT2D eigenvalue weighted by Gasteiger charge is -2.17. The lowest BCUT2D eigenvalue weighted by molar-refractivity contribution is -0.126. The fourth-order valence-electron chi connectivity index (χ4n) is 3.20. The number of rotatable bonds is 2. The molecular weight excluding hydrogens is 318 g/mol. The zero-order valence-corrected chi connectivity index (χ0v) is 12.4. The summed E-state index contributed by atoms with van der Waals surface area (Å²) in [5.41, 5.74) is -0.146. The van der Waals surface area contributed by atoms with Crippen LogP contribution in [0.1, 0.15) is 0 Å². The number of benzene rings is 1. The van der Waals surface area contributed by atoms with Crippen LogP contribution in [0.5, 0.6) is 0 Å². The highest BCUT2D eigenvalue weighted by atomic mass is 19.1. The van der Waals surface area contributed by atoms with Crippen molar-refractivity contribution in [1.82, 2.24) is 15.5 Å². The van der Waals surface area contributed by atoms with E-state index in [2.05, 4.69) is 15.5 Å². The average molecular weight is 330 g/mol. The Labute approximate surface area is 135 Å². The van der Waals surface area contributed by atoms with Crippen molar-refractivity contribution in [1.29, 1.82) is 0 Å². The number of aromatic nitrogens is 2. The van der Waals surface area contributed by atoms with Crippen molar-refractivity contribution in [3.8, 4) is 11.3 Å². The summed E-state index contributed by atoms with van der Waals surface area (Å²) in [4.78, 5) is 25.1. The average Bonchev–Trinajstić information content (AvgIpc) is 3.10. The molecule has 0 radical (unpaired) electrons. The number of halogens is 2. The molecular formula is C16H12F2N4O2. The van der Waals surface area contributed by atoms with Crippen LogP contribution in [0.3, 0.4) is 0 Å². The van der Waals surface area contributed by atoms with Crippen LogP contribution in [0, 0.1) is 23.5 Å². The second-order valence-corrected chi connectivity index (χ2v) is 5.84. The second-order valence-electron chi connectivity index (χ2n) is 5.84. The van der Waals surface area contributed by atoms with E-state index >= 15 is 0 Å². The van der Waals surface area contributed by atoms with Gasteiger partial charge in [0.05, 0.1) is 23.1 Å². The summed E-state index contributed by atoms with van der Waals surface area (Å²) in [7, 11) is 0. The van der Waals surface area contributed by atoms with Crippen LogP contribution >= 0.6 is 0 Å². The number of imide groups is 1. The first kappa shape index (κ1) is 14.7. The third kappa shape index (κ3) is 2.22. The quantitative estimate of drug-likeness (QED) is 0.836. The molecule has 0 spiro atoms. The van der Waals surface area contributed by atoms with Crippen LogP contribution in [-0.4, -0.2) is 35.1 Å². The number of carbonyl (C=O) groups is 2. The van der Waals surface area contributed by atoms with E-state index in [1.807, 2.05) is 0 Å². The minimum atomic E-state index is -0.713. The number of hydrogen-bond donors (Lipinski definition) is 1. The van der Waals surface area contributed by atoms with E-state index in [1.54, 1.807) is 11.0 Å². The Kier molecular flexibility index (Phi) is 3.26. The second kappa shape index (κ2) is 5.33.